The van der Waals surface area contributed by atoms with Crippen LogP contribution in [-0.2, 0) is 6.42 Å². The van der Waals surface area contributed by atoms with Crippen molar-refractivity contribution in [2.24, 2.45) is 0 Å². The van der Waals surface area contributed by atoms with E-state index in [0.29, 0.717) is 12.5 Å². The fourth-order valence-corrected chi connectivity index (χ4v) is 2.45. The topological polar surface area (TPSA) is 64.9 Å². The molecule has 6 nitrogen and oxygen atoms in total. The van der Waals surface area contributed by atoms with Gasteiger partial charge in [-0.2, -0.15) is 4.68 Å². The largest absolute Gasteiger partial charge is 0.496 e. The van der Waals surface area contributed by atoms with Crippen LogP contribution in [0.25, 0.3) is 5.69 Å². The summed E-state index contributed by atoms with van der Waals surface area (Å²) in [5.41, 5.74) is 3.31. The lowest BCUT2D eigenvalue weighted by Gasteiger charge is -2.10. The maximum atomic E-state index is 5.41. The molecule has 1 heterocycles. The number of tetrazole rings is 1. The minimum atomic E-state index is 0.628. The molecule has 0 saturated carbocycles. The van der Waals surface area contributed by atoms with E-state index in [1.54, 1.807) is 11.8 Å². The van der Waals surface area contributed by atoms with Crippen molar-refractivity contribution >= 4 is 5.95 Å². The molecular weight excluding hydrogens is 290 g/mol. The molecule has 0 saturated heterocycles. The standard InChI is InChI=1S/C17H19N5O/c1-13-8-9-16(23-2)14(12-13)10-11-18-17-19-20-21-22(17)15-6-4-3-5-7-15/h3-9,12H,10-11H2,1-2H3,(H,18,19,21). The molecule has 118 valence electrons. The summed E-state index contributed by atoms with van der Waals surface area (Å²) in [6, 6.07) is 16.0. The normalized spacial score (nSPS) is 10.5. The van der Waals surface area contributed by atoms with Crippen LogP contribution in [0, 0.1) is 6.92 Å². The average Bonchev–Trinajstić information content (AvgIpc) is 3.04. The summed E-state index contributed by atoms with van der Waals surface area (Å²) in [5, 5.41) is 15.1. The maximum absolute atomic E-state index is 5.41. The van der Waals surface area contributed by atoms with Gasteiger partial charge >= 0.3 is 0 Å². The first-order valence-corrected chi connectivity index (χ1v) is 7.49. The Hall–Kier alpha value is -2.89. The summed E-state index contributed by atoms with van der Waals surface area (Å²) in [6.45, 7) is 2.79. The number of nitrogens with one attached hydrogen (secondary N) is 1. The van der Waals surface area contributed by atoms with Crippen molar-refractivity contribution in [1.29, 1.82) is 0 Å². The molecule has 0 radical (unpaired) electrons. The Morgan fingerprint density at radius 2 is 1.96 bits per heavy atom. The Kier molecular flexibility index (Phi) is 4.52. The predicted octanol–water partition coefficient (Wildman–Crippen LogP) is 2.63. The van der Waals surface area contributed by atoms with Crippen LogP contribution in [0.2, 0.25) is 0 Å². The summed E-state index contributed by atoms with van der Waals surface area (Å²) in [7, 11) is 1.69. The van der Waals surface area contributed by atoms with Gasteiger partial charge in [-0.3, -0.25) is 0 Å². The van der Waals surface area contributed by atoms with Crippen LogP contribution in [0.4, 0.5) is 5.95 Å². The third kappa shape index (κ3) is 3.48. The number of ether oxygens (including phenoxy) is 1. The van der Waals surface area contributed by atoms with Crippen LogP contribution >= 0.6 is 0 Å². The molecule has 0 bridgehead atoms. The first-order valence-electron chi connectivity index (χ1n) is 7.49. The Labute approximate surface area is 135 Å². The summed E-state index contributed by atoms with van der Waals surface area (Å²) < 4.78 is 7.10. The van der Waals surface area contributed by atoms with Crippen molar-refractivity contribution in [2.45, 2.75) is 13.3 Å². The second-order valence-corrected chi connectivity index (χ2v) is 5.24. The number of aryl methyl sites for hydroxylation is 1. The monoisotopic (exact) mass is 309 g/mol. The number of methoxy groups -OCH3 is 1. The molecule has 23 heavy (non-hydrogen) atoms. The average molecular weight is 309 g/mol. The van der Waals surface area contributed by atoms with Crippen LogP contribution in [0.15, 0.2) is 48.5 Å². The number of anilines is 1. The number of hydrogen-bond acceptors (Lipinski definition) is 5. The highest BCUT2D eigenvalue weighted by atomic mass is 16.5. The van der Waals surface area contributed by atoms with E-state index < -0.39 is 0 Å². The third-order valence-electron chi connectivity index (χ3n) is 3.58. The van der Waals surface area contributed by atoms with Gasteiger partial charge in [-0.1, -0.05) is 41.0 Å². The van der Waals surface area contributed by atoms with Crippen molar-refractivity contribution < 1.29 is 4.74 Å². The molecule has 0 spiro atoms. The third-order valence-corrected chi connectivity index (χ3v) is 3.58. The van der Waals surface area contributed by atoms with Gasteiger partial charge in [0.2, 0.25) is 5.95 Å². The van der Waals surface area contributed by atoms with Crippen LogP contribution in [0.3, 0.4) is 0 Å². The number of hydrogen-bond donors (Lipinski definition) is 1. The van der Waals surface area contributed by atoms with E-state index in [9.17, 15) is 0 Å². The van der Waals surface area contributed by atoms with E-state index in [2.05, 4.69) is 33.8 Å². The lowest BCUT2D eigenvalue weighted by molar-refractivity contribution is 0.410. The van der Waals surface area contributed by atoms with Crippen molar-refractivity contribution in [3.8, 4) is 11.4 Å². The molecule has 0 aliphatic rings. The maximum Gasteiger partial charge on any atom is 0.247 e. The van der Waals surface area contributed by atoms with Gasteiger partial charge in [0, 0.05) is 6.54 Å². The molecule has 3 rings (SSSR count). The van der Waals surface area contributed by atoms with Crippen molar-refractivity contribution in [3.05, 3.63) is 59.7 Å². The van der Waals surface area contributed by atoms with E-state index in [0.717, 1.165) is 17.9 Å². The van der Waals surface area contributed by atoms with Crippen molar-refractivity contribution in [2.75, 3.05) is 19.0 Å². The Morgan fingerprint density at radius 3 is 2.74 bits per heavy atom. The lowest BCUT2D eigenvalue weighted by Crippen LogP contribution is -2.11. The first kappa shape index (κ1) is 15.0. The SMILES string of the molecule is COc1ccc(C)cc1CCNc1nnnn1-c1ccccc1. The molecule has 3 aromatic rings. The quantitative estimate of drug-likeness (QED) is 0.758. The number of rotatable bonds is 6. The highest BCUT2D eigenvalue weighted by Gasteiger charge is 2.08. The number of para-hydroxylation sites is 1. The highest BCUT2D eigenvalue weighted by molar-refractivity contribution is 5.40. The van der Waals surface area contributed by atoms with Gasteiger partial charge in [0.15, 0.2) is 0 Å². The van der Waals surface area contributed by atoms with Crippen molar-refractivity contribution in [1.82, 2.24) is 20.2 Å². The van der Waals surface area contributed by atoms with Gasteiger partial charge in [0.05, 0.1) is 12.8 Å². The van der Waals surface area contributed by atoms with Crippen LogP contribution in [0.1, 0.15) is 11.1 Å². The van der Waals surface area contributed by atoms with Crippen LogP contribution in [-0.4, -0.2) is 33.9 Å². The van der Waals surface area contributed by atoms with E-state index >= 15 is 0 Å². The second kappa shape index (κ2) is 6.91. The zero-order valence-corrected chi connectivity index (χ0v) is 13.2. The molecule has 0 unspecified atom stereocenters. The zero-order chi connectivity index (χ0) is 16.1. The minimum absolute atomic E-state index is 0.628. The minimum Gasteiger partial charge on any atom is -0.496 e. The van der Waals surface area contributed by atoms with Crippen molar-refractivity contribution in [3.63, 3.8) is 0 Å². The van der Waals surface area contributed by atoms with Crippen LogP contribution in [0.5, 0.6) is 5.75 Å². The number of aromatic nitrogens is 4. The van der Waals surface area contributed by atoms with E-state index in [1.807, 2.05) is 42.5 Å². The molecule has 0 atom stereocenters. The van der Waals surface area contributed by atoms with Gasteiger partial charge in [-0.05, 0) is 47.5 Å². The molecule has 0 fully saturated rings. The lowest BCUT2D eigenvalue weighted by atomic mass is 10.1. The van der Waals surface area contributed by atoms with Crippen LogP contribution < -0.4 is 10.1 Å². The number of nitrogens with zero attached hydrogens (tertiary/aromatic N) is 4. The summed E-state index contributed by atoms with van der Waals surface area (Å²) >= 11 is 0. The smallest absolute Gasteiger partial charge is 0.247 e. The fourth-order valence-electron chi connectivity index (χ4n) is 2.45. The molecule has 0 aliphatic carbocycles. The molecule has 2 aromatic carbocycles. The molecule has 0 aliphatic heterocycles. The van der Waals surface area contributed by atoms with Gasteiger partial charge in [0.25, 0.3) is 0 Å². The Bertz CT molecular complexity index is 770. The Morgan fingerprint density at radius 1 is 1.13 bits per heavy atom. The number of benzene rings is 2. The first-order chi connectivity index (χ1) is 11.3. The molecule has 1 N–H and O–H groups in total. The van der Waals surface area contributed by atoms with Gasteiger partial charge in [-0.15, -0.1) is 0 Å². The molecule has 1 aromatic heterocycles. The molecular formula is C17H19N5O. The highest BCUT2D eigenvalue weighted by Crippen LogP contribution is 2.20. The Balaban J connectivity index is 1.69. The predicted molar refractivity (Wildman–Crippen MR) is 89.1 cm³/mol. The summed E-state index contributed by atoms with van der Waals surface area (Å²) in [6.07, 6.45) is 0.826. The van der Waals surface area contributed by atoms with E-state index in [4.69, 9.17) is 4.74 Å². The summed E-state index contributed by atoms with van der Waals surface area (Å²) in [4.78, 5) is 0. The van der Waals surface area contributed by atoms with E-state index in [1.165, 1.54) is 11.1 Å². The second-order valence-electron chi connectivity index (χ2n) is 5.24. The van der Waals surface area contributed by atoms with Gasteiger partial charge in [0.1, 0.15) is 5.75 Å². The van der Waals surface area contributed by atoms with Gasteiger partial charge < -0.3 is 10.1 Å². The molecule has 0 amide bonds. The fraction of sp³-hybridized carbons (Fsp3) is 0.235. The van der Waals surface area contributed by atoms with E-state index in [-0.39, 0.29) is 0 Å². The van der Waals surface area contributed by atoms with Gasteiger partial charge in [-0.25, -0.2) is 0 Å². The molecule has 6 heteroatoms. The zero-order valence-electron chi connectivity index (χ0n) is 13.2. The summed E-state index contributed by atoms with van der Waals surface area (Å²) in [5.74, 6) is 1.53.